The molecule has 1 rings (SSSR count). The Kier molecular flexibility index (Phi) is 3.06. The molecule has 0 aromatic heterocycles. The van der Waals surface area contributed by atoms with Gasteiger partial charge < -0.3 is 10.1 Å². The van der Waals surface area contributed by atoms with E-state index >= 15 is 0 Å². The van der Waals surface area contributed by atoms with Crippen LogP contribution < -0.4 is 5.32 Å². The molecule has 1 amide bonds. The second-order valence-electron chi connectivity index (χ2n) is 2.85. The third kappa shape index (κ3) is 2.08. The largest absolute Gasteiger partial charge is 0.466 e. The topological polar surface area (TPSA) is 55.4 Å². The minimum absolute atomic E-state index is 0.0236. The Morgan fingerprint density at radius 3 is 2.77 bits per heavy atom. The maximum atomic E-state index is 11.2. The van der Waals surface area contributed by atoms with Gasteiger partial charge in [-0.05, 0) is 12.8 Å². The molecular formula is C9H13NO3. The normalized spacial score (nSPS) is 16.9. The summed E-state index contributed by atoms with van der Waals surface area (Å²) in [5, 5.41) is 2.67. The van der Waals surface area contributed by atoms with Gasteiger partial charge >= 0.3 is 5.97 Å². The molecule has 0 fully saturated rings. The average molecular weight is 183 g/mol. The summed E-state index contributed by atoms with van der Waals surface area (Å²) < 4.78 is 4.61. The van der Waals surface area contributed by atoms with E-state index in [4.69, 9.17) is 0 Å². The first-order valence-corrected chi connectivity index (χ1v) is 4.29. The lowest BCUT2D eigenvalue weighted by Crippen LogP contribution is -2.30. The Labute approximate surface area is 76.9 Å². The molecule has 0 saturated carbocycles. The van der Waals surface area contributed by atoms with Gasteiger partial charge in [0.2, 0.25) is 5.91 Å². The molecule has 4 heteroatoms. The summed E-state index contributed by atoms with van der Waals surface area (Å²) in [5.74, 6) is -0.360. The SMILES string of the molecule is CCC1=C(C(=O)OC)CCC(=O)N1. The van der Waals surface area contributed by atoms with Gasteiger partial charge in [0.1, 0.15) is 0 Å². The number of methoxy groups -OCH3 is 1. The van der Waals surface area contributed by atoms with Crippen molar-refractivity contribution in [3.05, 3.63) is 11.3 Å². The molecule has 4 nitrogen and oxygen atoms in total. The van der Waals surface area contributed by atoms with Crippen molar-refractivity contribution in [1.82, 2.24) is 5.32 Å². The van der Waals surface area contributed by atoms with Crippen molar-refractivity contribution in [2.24, 2.45) is 0 Å². The van der Waals surface area contributed by atoms with Crippen molar-refractivity contribution >= 4 is 11.9 Å². The van der Waals surface area contributed by atoms with Crippen molar-refractivity contribution in [2.75, 3.05) is 7.11 Å². The van der Waals surface area contributed by atoms with Crippen LogP contribution in [0.4, 0.5) is 0 Å². The second kappa shape index (κ2) is 4.07. The first kappa shape index (κ1) is 9.77. The number of amides is 1. The summed E-state index contributed by atoms with van der Waals surface area (Å²) in [6.45, 7) is 1.89. The maximum absolute atomic E-state index is 11.2. The van der Waals surface area contributed by atoms with Crippen LogP contribution in [0.15, 0.2) is 11.3 Å². The molecule has 0 aliphatic carbocycles. The van der Waals surface area contributed by atoms with Crippen LogP contribution in [0.2, 0.25) is 0 Å². The van der Waals surface area contributed by atoms with Gasteiger partial charge in [-0.3, -0.25) is 4.79 Å². The zero-order valence-corrected chi connectivity index (χ0v) is 7.85. The summed E-state index contributed by atoms with van der Waals surface area (Å²) in [4.78, 5) is 22.2. The molecule has 0 spiro atoms. The molecule has 1 aliphatic rings. The monoisotopic (exact) mass is 183 g/mol. The number of esters is 1. The van der Waals surface area contributed by atoms with Gasteiger partial charge in [0.05, 0.1) is 12.7 Å². The van der Waals surface area contributed by atoms with Crippen LogP contribution in [0.3, 0.4) is 0 Å². The number of rotatable bonds is 2. The summed E-state index contributed by atoms with van der Waals surface area (Å²) in [5.41, 5.74) is 1.30. The lowest BCUT2D eigenvalue weighted by Gasteiger charge is -2.18. The lowest BCUT2D eigenvalue weighted by atomic mass is 10.0. The van der Waals surface area contributed by atoms with E-state index in [0.29, 0.717) is 30.5 Å². The van der Waals surface area contributed by atoms with E-state index in [9.17, 15) is 9.59 Å². The van der Waals surface area contributed by atoms with Crippen LogP contribution in [0, 0.1) is 0 Å². The molecule has 0 bridgehead atoms. The van der Waals surface area contributed by atoms with Gasteiger partial charge in [0, 0.05) is 12.1 Å². The summed E-state index contributed by atoms with van der Waals surface area (Å²) in [6.07, 6.45) is 1.51. The second-order valence-corrected chi connectivity index (χ2v) is 2.85. The minimum atomic E-state index is -0.336. The van der Waals surface area contributed by atoms with Crippen LogP contribution in [-0.2, 0) is 14.3 Å². The number of carbonyl (C=O) groups is 2. The number of ether oxygens (including phenoxy) is 1. The molecule has 0 unspecified atom stereocenters. The number of allylic oxidation sites excluding steroid dienone is 1. The predicted octanol–water partition coefficient (Wildman–Crippen LogP) is 0.734. The fraction of sp³-hybridized carbons (Fsp3) is 0.556. The highest BCUT2D eigenvalue weighted by Crippen LogP contribution is 2.18. The fourth-order valence-electron chi connectivity index (χ4n) is 1.35. The Bertz CT molecular complexity index is 268. The Balaban J connectivity index is 2.89. The van der Waals surface area contributed by atoms with Gasteiger partial charge in [-0.1, -0.05) is 6.92 Å². The molecule has 72 valence electrons. The Hall–Kier alpha value is -1.32. The fourth-order valence-corrected chi connectivity index (χ4v) is 1.35. The van der Waals surface area contributed by atoms with Crippen molar-refractivity contribution < 1.29 is 14.3 Å². The molecule has 1 heterocycles. The molecule has 1 aliphatic heterocycles. The van der Waals surface area contributed by atoms with Crippen LogP contribution in [0.5, 0.6) is 0 Å². The van der Waals surface area contributed by atoms with Gasteiger partial charge in [-0.2, -0.15) is 0 Å². The number of nitrogens with one attached hydrogen (secondary N) is 1. The molecule has 0 radical (unpaired) electrons. The smallest absolute Gasteiger partial charge is 0.335 e. The predicted molar refractivity (Wildman–Crippen MR) is 46.7 cm³/mol. The number of hydrogen-bond donors (Lipinski definition) is 1. The molecular weight excluding hydrogens is 170 g/mol. The van der Waals surface area contributed by atoms with Crippen molar-refractivity contribution in [3.8, 4) is 0 Å². The van der Waals surface area contributed by atoms with Crippen LogP contribution >= 0.6 is 0 Å². The summed E-state index contributed by atoms with van der Waals surface area (Å²) in [6, 6.07) is 0. The van der Waals surface area contributed by atoms with Crippen molar-refractivity contribution in [2.45, 2.75) is 26.2 Å². The first-order valence-electron chi connectivity index (χ1n) is 4.29. The highest BCUT2D eigenvalue weighted by Gasteiger charge is 2.21. The van der Waals surface area contributed by atoms with Gasteiger partial charge in [0.15, 0.2) is 0 Å². The van der Waals surface area contributed by atoms with Gasteiger partial charge in [0.25, 0.3) is 0 Å². The van der Waals surface area contributed by atoms with E-state index in [1.807, 2.05) is 6.92 Å². The number of hydrogen-bond acceptors (Lipinski definition) is 3. The molecule has 0 aromatic rings. The van der Waals surface area contributed by atoms with Crippen molar-refractivity contribution in [3.63, 3.8) is 0 Å². The summed E-state index contributed by atoms with van der Waals surface area (Å²) >= 11 is 0. The van der Waals surface area contributed by atoms with Crippen molar-refractivity contribution in [1.29, 1.82) is 0 Å². The first-order chi connectivity index (χ1) is 6.19. The average Bonchev–Trinajstić information content (AvgIpc) is 2.16. The van der Waals surface area contributed by atoms with E-state index in [0.717, 1.165) is 0 Å². The Morgan fingerprint density at radius 1 is 1.54 bits per heavy atom. The van der Waals surface area contributed by atoms with Gasteiger partial charge in [-0.25, -0.2) is 4.79 Å². The van der Waals surface area contributed by atoms with Crippen LogP contribution in [0.25, 0.3) is 0 Å². The minimum Gasteiger partial charge on any atom is -0.466 e. The molecule has 13 heavy (non-hydrogen) atoms. The zero-order valence-electron chi connectivity index (χ0n) is 7.85. The highest BCUT2D eigenvalue weighted by molar-refractivity contribution is 5.93. The summed E-state index contributed by atoms with van der Waals surface area (Å²) in [7, 11) is 1.35. The van der Waals surface area contributed by atoms with E-state index in [1.165, 1.54) is 7.11 Å². The van der Waals surface area contributed by atoms with E-state index < -0.39 is 0 Å². The van der Waals surface area contributed by atoms with E-state index in [1.54, 1.807) is 0 Å². The Morgan fingerprint density at radius 2 is 2.23 bits per heavy atom. The molecule has 1 N–H and O–H groups in total. The number of carbonyl (C=O) groups excluding carboxylic acids is 2. The maximum Gasteiger partial charge on any atom is 0.335 e. The molecule has 0 aromatic carbocycles. The van der Waals surface area contributed by atoms with Crippen LogP contribution in [-0.4, -0.2) is 19.0 Å². The third-order valence-corrected chi connectivity index (χ3v) is 2.04. The third-order valence-electron chi connectivity index (χ3n) is 2.04. The zero-order chi connectivity index (χ0) is 9.84. The van der Waals surface area contributed by atoms with Crippen LogP contribution in [0.1, 0.15) is 26.2 Å². The molecule has 0 saturated heterocycles. The van der Waals surface area contributed by atoms with Gasteiger partial charge in [-0.15, -0.1) is 0 Å². The highest BCUT2D eigenvalue weighted by atomic mass is 16.5. The van der Waals surface area contributed by atoms with E-state index in [-0.39, 0.29) is 11.9 Å². The van der Waals surface area contributed by atoms with E-state index in [2.05, 4.69) is 10.1 Å². The quantitative estimate of drug-likeness (QED) is 0.642. The lowest BCUT2D eigenvalue weighted by molar-refractivity contribution is -0.136. The molecule has 0 atom stereocenters. The standard InChI is InChI=1S/C9H13NO3/c1-3-7-6(9(12)13-2)4-5-8(11)10-7/h3-5H2,1-2H3,(H,10,11).